The molecule has 0 saturated carbocycles. The number of hydrogen-bond acceptors (Lipinski definition) is 3. The highest BCUT2D eigenvalue weighted by Crippen LogP contribution is 2.23. The molecule has 1 atom stereocenters. The molecule has 29 heavy (non-hydrogen) atoms. The Kier molecular flexibility index (Phi) is 6.82. The van der Waals surface area contributed by atoms with Crippen LogP contribution in [0.15, 0.2) is 54.9 Å². The first kappa shape index (κ1) is 20.8. The molecule has 0 radical (unpaired) electrons. The maximum atomic E-state index is 12.9. The van der Waals surface area contributed by atoms with E-state index in [1.807, 2.05) is 6.92 Å². The molecule has 0 aliphatic heterocycles. The van der Waals surface area contributed by atoms with Gasteiger partial charge in [0, 0.05) is 36.0 Å². The molecule has 1 N–H and O–H groups in total. The van der Waals surface area contributed by atoms with E-state index in [0.717, 1.165) is 0 Å². The third-order valence-corrected chi connectivity index (χ3v) is 4.71. The van der Waals surface area contributed by atoms with Crippen LogP contribution in [0.2, 0.25) is 10.2 Å². The summed E-state index contributed by atoms with van der Waals surface area (Å²) >= 11 is 12.3. The largest absolute Gasteiger partial charge is 0.351 e. The maximum Gasteiger partial charge on any atom is 0.254 e. The lowest BCUT2D eigenvalue weighted by Gasteiger charge is -2.14. The Morgan fingerprint density at radius 2 is 1.86 bits per heavy atom. The number of amides is 1. The van der Waals surface area contributed by atoms with Crippen LogP contribution in [0.25, 0.3) is 0 Å². The normalized spacial score (nSPS) is 11.3. The molecule has 1 amide bonds. The monoisotopic (exact) mass is 427 g/mol. The van der Waals surface area contributed by atoms with Crippen molar-refractivity contribution >= 4 is 29.1 Å². The molecule has 0 fully saturated rings. The van der Waals surface area contributed by atoms with Gasteiger partial charge in [0.1, 0.15) is 11.0 Å². The summed E-state index contributed by atoms with van der Waals surface area (Å²) in [6.45, 7) is 2.24. The Morgan fingerprint density at radius 3 is 2.55 bits per heavy atom. The van der Waals surface area contributed by atoms with Crippen LogP contribution < -0.4 is 5.32 Å². The van der Waals surface area contributed by atoms with Crippen LogP contribution in [0.1, 0.15) is 40.0 Å². The molecule has 1 unspecified atom stereocenters. The number of nitrogens with one attached hydrogen (secondary N) is 1. The van der Waals surface area contributed by atoms with Crippen LogP contribution in [0, 0.1) is 17.7 Å². The van der Waals surface area contributed by atoms with Gasteiger partial charge < -0.3 is 5.32 Å². The summed E-state index contributed by atoms with van der Waals surface area (Å²) in [5.74, 6) is 5.15. The average molecular weight is 428 g/mol. The van der Waals surface area contributed by atoms with E-state index >= 15 is 0 Å². The minimum atomic E-state index is -0.312. The maximum absolute atomic E-state index is 12.9. The zero-order chi connectivity index (χ0) is 20.8. The Morgan fingerprint density at radius 1 is 1.14 bits per heavy atom. The molecule has 3 rings (SSSR count). The summed E-state index contributed by atoms with van der Waals surface area (Å²) in [6.07, 6.45) is 3.14. The molecule has 1 aromatic carbocycles. The van der Waals surface area contributed by atoms with E-state index in [2.05, 4.69) is 27.1 Å². The van der Waals surface area contributed by atoms with Gasteiger partial charge in [-0.1, -0.05) is 42.0 Å². The van der Waals surface area contributed by atoms with Gasteiger partial charge in [-0.3, -0.25) is 9.78 Å². The molecule has 2 aromatic heterocycles. The van der Waals surface area contributed by atoms with Crippen LogP contribution in [-0.4, -0.2) is 22.4 Å². The number of hydrogen-bond donors (Lipinski definition) is 1. The molecule has 0 saturated heterocycles. The average Bonchev–Trinajstić information content (AvgIpc) is 2.72. The first-order chi connectivity index (χ1) is 13.9. The molecular weight excluding hydrogens is 412 g/mol. The zero-order valence-corrected chi connectivity index (χ0v) is 16.9. The van der Waals surface area contributed by atoms with Gasteiger partial charge in [0.25, 0.3) is 5.91 Å². The van der Waals surface area contributed by atoms with E-state index in [0.29, 0.717) is 34.0 Å². The number of aromatic nitrogens is 2. The van der Waals surface area contributed by atoms with E-state index < -0.39 is 0 Å². The fourth-order valence-electron chi connectivity index (χ4n) is 2.55. The number of carbonyl (C=O) groups is 1. The predicted octanol–water partition coefficient (Wildman–Crippen LogP) is 4.86. The molecule has 4 nitrogen and oxygen atoms in total. The summed E-state index contributed by atoms with van der Waals surface area (Å²) in [5, 5.41) is 3.42. The molecule has 2 heterocycles. The molecule has 3 aromatic rings. The van der Waals surface area contributed by atoms with E-state index in [1.54, 1.807) is 36.5 Å². The van der Waals surface area contributed by atoms with E-state index in [1.165, 1.54) is 18.3 Å². The van der Waals surface area contributed by atoms with Gasteiger partial charge in [-0.15, -0.1) is 0 Å². The van der Waals surface area contributed by atoms with E-state index in [-0.39, 0.29) is 22.8 Å². The Balaban J connectivity index is 1.66. The van der Waals surface area contributed by atoms with Crippen LogP contribution in [-0.2, 0) is 0 Å². The standard InChI is InChI=1S/C22H16Cl2FN3O/c1-14(12-28-22(29)18-3-2-10-26-21(18)24)20-19(23)11-16(13-27-20)5-4-15-6-8-17(25)9-7-15/h2-3,6-11,13-14H,12H2,1H3,(H,28,29). The Hall–Kier alpha value is -2.94. The lowest BCUT2D eigenvalue weighted by Crippen LogP contribution is -2.28. The van der Waals surface area contributed by atoms with Crippen molar-refractivity contribution in [3.05, 3.63) is 93.2 Å². The van der Waals surface area contributed by atoms with Gasteiger partial charge in [-0.05, 0) is 42.5 Å². The predicted molar refractivity (Wildman–Crippen MR) is 112 cm³/mol. The lowest BCUT2D eigenvalue weighted by atomic mass is 10.1. The van der Waals surface area contributed by atoms with Gasteiger partial charge in [0.05, 0.1) is 16.3 Å². The van der Waals surface area contributed by atoms with Gasteiger partial charge in [-0.25, -0.2) is 9.37 Å². The minimum Gasteiger partial charge on any atom is -0.351 e. The number of nitrogens with zero attached hydrogens (tertiary/aromatic N) is 2. The van der Waals surface area contributed by atoms with Crippen LogP contribution >= 0.6 is 23.2 Å². The summed E-state index contributed by atoms with van der Waals surface area (Å²) < 4.78 is 12.9. The van der Waals surface area contributed by atoms with Gasteiger partial charge >= 0.3 is 0 Å². The fourth-order valence-corrected chi connectivity index (χ4v) is 3.11. The van der Waals surface area contributed by atoms with Crippen molar-refractivity contribution in [1.82, 2.24) is 15.3 Å². The number of benzene rings is 1. The SMILES string of the molecule is CC(CNC(=O)c1cccnc1Cl)c1ncc(C#Cc2ccc(F)cc2)cc1Cl. The second kappa shape index (κ2) is 9.51. The number of carbonyl (C=O) groups excluding carboxylic acids is 1. The topological polar surface area (TPSA) is 54.9 Å². The third kappa shape index (κ3) is 5.54. The van der Waals surface area contributed by atoms with Crippen molar-refractivity contribution in [2.24, 2.45) is 0 Å². The van der Waals surface area contributed by atoms with Crippen molar-refractivity contribution in [2.45, 2.75) is 12.8 Å². The molecule has 0 bridgehead atoms. The Labute approximate surface area is 178 Å². The third-order valence-electron chi connectivity index (χ3n) is 4.10. The molecule has 0 aliphatic rings. The van der Waals surface area contributed by atoms with Crippen LogP contribution in [0.4, 0.5) is 4.39 Å². The number of pyridine rings is 2. The van der Waals surface area contributed by atoms with Gasteiger partial charge in [-0.2, -0.15) is 0 Å². The van der Waals surface area contributed by atoms with Crippen molar-refractivity contribution in [2.75, 3.05) is 6.54 Å². The first-order valence-corrected chi connectivity index (χ1v) is 9.51. The first-order valence-electron chi connectivity index (χ1n) is 8.76. The summed E-state index contributed by atoms with van der Waals surface area (Å²) in [7, 11) is 0. The molecule has 146 valence electrons. The molecule has 0 aliphatic carbocycles. The fraction of sp³-hybridized carbons (Fsp3) is 0.136. The number of rotatable bonds is 4. The zero-order valence-electron chi connectivity index (χ0n) is 15.4. The van der Waals surface area contributed by atoms with Gasteiger partial charge in [0.2, 0.25) is 0 Å². The molecular formula is C22H16Cl2FN3O. The summed E-state index contributed by atoms with van der Waals surface area (Å²) in [5.41, 5.74) is 2.29. The summed E-state index contributed by atoms with van der Waals surface area (Å²) in [4.78, 5) is 20.5. The highest BCUT2D eigenvalue weighted by Gasteiger charge is 2.15. The second-order valence-corrected chi connectivity index (χ2v) is 7.07. The number of halogens is 3. The quantitative estimate of drug-likeness (QED) is 0.477. The smallest absolute Gasteiger partial charge is 0.254 e. The highest BCUT2D eigenvalue weighted by atomic mass is 35.5. The molecule has 0 spiro atoms. The van der Waals surface area contributed by atoms with Crippen LogP contribution in [0.5, 0.6) is 0 Å². The van der Waals surface area contributed by atoms with Crippen molar-refractivity contribution in [1.29, 1.82) is 0 Å². The van der Waals surface area contributed by atoms with Crippen molar-refractivity contribution in [3.8, 4) is 11.8 Å². The minimum absolute atomic E-state index is 0.124. The second-order valence-electron chi connectivity index (χ2n) is 6.30. The van der Waals surface area contributed by atoms with Gasteiger partial charge in [0.15, 0.2) is 0 Å². The molecule has 7 heteroatoms. The Bertz CT molecular complexity index is 1090. The van der Waals surface area contributed by atoms with Crippen LogP contribution in [0.3, 0.4) is 0 Å². The van der Waals surface area contributed by atoms with E-state index in [9.17, 15) is 9.18 Å². The highest BCUT2D eigenvalue weighted by molar-refractivity contribution is 6.32. The van der Waals surface area contributed by atoms with Crippen molar-refractivity contribution < 1.29 is 9.18 Å². The van der Waals surface area contributed by atoms with E-state index in [4.69, 9.17) is 23.2 Å². The summed E-state index contributed by atoms with van der Waals surface area (Å²) in [6, 6.07) is 10.9. The lowest BCUT2D eigenvalue weighted by molar-refractivity contribution is 0.0951. The van der Waals surface area contributed by atoms with Crippen molar-refractivity contribution in [3.63, 3.8) is 0 Å².